The van der Waals surface area contributed by atoms with Gasteiger partial charge in [-0.05, 0) is 43.3 Å². The van der Waals surface area contributed by atoms with Crippen LogP contribution in [0.5, 0.6) is 5.75 Å². The molecule has 0 saturated heterocycles. The van der Waals surface area contributed by atoms with Crippen LogP contribution in [-0.4, -0.2) is 30.9 Å². The average molecular weight is 412 g/mol. The lowest BCUT2D eigenvalue weighted by Gasteiger charge is -2.10. The maximum atomic E-state index is 11.9. The fourth-order valence-electron chi connectivity index (χ4n) is 2.67. The van der Waals surface area contributed by atoms with E-state index in [4.69, 9.17) is 21.1 Å². The number of hydrogen-bond acceptors (Lipinski definition) is 5. The van der Waals surface area contributed by atoms with Gasteiger partial charge in [-0.3, -0.25) is 9.59 Å². The van der Waals surface area contributed by atoms with Gasteiger partial charge in [0.05, 0.1) is 0 Å². The van der Waals surface area contributed by atoms with Gasteiger partial charge in [0.25, 0.3) is 5.91 Å². The summed E-state index contributed by atoms with van der Waals surface area (Å²) in [5.74, 6) is -0.737. The summed E-state index contributed by atoms with van der Waals surface area (Å²) in [4.78, 5) is 35.1. The summed E-state index contributed by atoms with van der Waals surface area (Å²) < 4.78 is 10.5. The molecule has 0 radical (unpaired) electrons. The summed E-state index contributed by atoms with van der Waals surface area (Å²) in [5.41, 5.74) is 1.04. The summed E-state index contributed by atoms with van der Waals surface area (Å²) in [6.45, 7) is 0.673. The lowest BCUT2D eigenvalue weighted by atomic mass is 10.1. The standard InChI is InChI=1S/C22H18ClNO5/c1-14(25)15-6-8-16(9-7-15)24-21(26)12-29-22(27)13-28-20-11-10-19(23)17-4-2-3-5-18(17)20/h2-11H,12-13H2,1H3,(H,24,26). The predicted octanol–water partition coefficient (Wildman–Crippen LogP) is 4.26. The zero-order valence-electron chi connectivity index (χ0n) is 15.6. The number of halogens is 1. The zero-order chi connectivity index (χ0) is 20.8. The van der Waals surface area contributed by atoms with E-state index < -0.39 is 18.5 Å². The first-order chi connectivity index (χ1) is 13.9. The quantitative estimate of drug-likeness (QED) is 0.464. The van der Waals surface area contributed by atoms with Crippen LogP contribution in [0, 0.1) is 0 Å². The number of ketones is 1. The third kappa shape index (κ3) is 5.33. The summed E-state index contributed by atoms with van der Waals surface area (Å²) in [6.07, 6.45) is 0. The number of rotatable bonds is 7. The molecule has 0 aliphatic carbocycles. The highest BCUT2D eigenvalue weighted by atomic mass is 35.5. The van der Waals surface area contributed by atoms with Gasteiger partial charge < -0.3 is 14.8 Å². The minimum absolute atomic E-state index is 0.0646. The fraction of sp³-hybridized carbons (Fsp3) is 0.136. The largest absolute Gasteiger partial charge is 0.481 e. The Morgan fingerprint density at radius 1 is 0.897 bits per heavy atom. The van der Waals surface area contributed by atoms with Crippen molar-refractivity contribution in [2.75, 3.05) is 18.5 Å². The molecule has 0 aliphatic heterocycles. The van der Waals surface area contributed by atoms with E-state index in [2.05, 4.69) is 5.32 Å². The van der Waals surface area contributed by atoms with Gasteiger partial charge in [0.1, 0.15) is 5.75 Å². The minimum Gasteiger partial charge on any atom is -0.481 e. The van der Waals surface area contributed by atoms with Gasteiger partial charge in [0.2, 0.25) is 0 Å². The smallest absolute Gasteiger partial charge is 0.344 e. The average Bonchev–Trinajstić information content (AvgIpc) is 2.72. The topological polar surface area (TPSA) is 81.7 Å². The van der Waals surface area contributed by atoms with Gasteiger partial charge in [-0.2, -0.15) is 0 Å². The number of hydrogen-bond donors (Lipinski definition) is 1. The molecule has 0 atom stereocenters. The van der Waals surface area contributed by atoms with Crippen LogP contribution in [0.4, 0.5) is 5.69 Å². The predicted molar refractivity (Wildman–Crippen MR) is 110 cm³/mol. The van der Waals surface area contributed by atoms with Crippen LogP contribution in [-0.2, 0) is 14.3 Å². The lowest BCUT2D eigenvalue weighted by Crippen LogP contribution is -2.23. The molecule has 0 saturated carbocycles. The first-order valence-electron chi connectivity index (χ1n) is 8.80. The molecule has 0 heterocycles. The normalized spacial score (nSPS) is 10.4. The number of Topliss-reactive ketones (excluding diaryl/α,β-unsaturated/α-hetero) is 1. The van der Waals surface area contributed by atoms with Gasteiger partial charge >= 0.3 is 5.97 Å². The van der Waals surface area contributed by atoms with Crippen LogP contribution in [0.2, 0.25) is 5.02 Å². The van der Waals surface area contributed by atoms with E-state index in [-0.39, 0.29) is 12.4 Å². The Morgan fingerprint density at radius 3 is 2.28 bits per heavy atom. The highest BCUT2D eigenvalue weighted by molar-refractivity contribution is 6.35. The molecule has 0 bridgehead atoms. The molecule has 148 valence electrons. The Hall–Kier alpha value is -3.38. The molecule has 0 spiro atoms. The first kappa shape index (κ1) is 20.4. The molecule has 3 aromatic carbocycles. The molecular formula is C22H18ClNO5. The van der Waals surface area contributed by atoms with E-state index in [9.17, 15) is 14.4 Å². The molecule has 3 aromatic rings. The van der Waals surface area contributed by atoms with E-state index in [1.807, 2.05) is 24.3 Å². The van der Waals surface area contributed by atoms with Crippen molar-refractivity contribution in [3.8, 4) is 5.75 Å². The van der Waals surface area contributed by atoms with Gasteiger partial charge in [-0.15, -0.1) is 0 Å². The summed E-state index contributed by atoms with van der Waals surface area (Å²) in [6, 6.07) is 17.2. The molecule has 0 aromatic heterocycles. The Morgan fingerprint density at radius 2 is 1.59 bits per heavy atom. The maximum absolute atomic E-state index is 11.9. The van der Waals surface area contributed by atoms with Crippen molar-refractivity contribution in [2.24, 2.45) is 0 Å². The summed E-state index contributed by atoms with van der Waals surface area (Å²) >= 11 is 6.16. The van der Waals surface area contributed by atoms with Crippen molar-refractivity contribution in [2.45, 2.75) is 6.92 Å². The second kappa shape index (κ2) is 9.21. The van der Waals surface area contributed by atoms with Gasteiger partial charge in [-0.25, -0.2) is 4.79 Å². The minimum atomic E-state index is -0.675. The monoisotopic (exact) mass is 411 g/mol. The van der Waals surface area contributed by atoms with Gasteiger partial charge in [-0.1, -0.05) is 35.9 Å². The van der Waals surface area contributed by atoms with Crippen LogP contribution < -0.4 is 10.1 Å². The van der Waals surface area contributed by atoms with Crippen molar-refractivity contribution in [1.29, 1.82) is 0 Å². The van der Waals surface area contributed by atoms with Crippen molar-refractivity contribution < 1.29 is 23.9 Å². The molecule has 3 rings (SSSR count). The molecule has 1 N–H and O–H groups in total. The highest BCUT2D eigenvalue weighted by Crippen LogP contribution is 2.31. The Balaban J connectivity index is 1.49. The van der Waals surface area contributed by atoms with E-state index in [1.54, 1.807) is 36.4 Å². The number of nitrogens with one attached hydrogen (secondary N) is 1. The number of benzene rings is 3. The molecule has 6 nitrogen and oxygen atoms in total. The third-order valence-corrected chi connectivity index (χ3v) is 4.45. The number of amides is 1. The van der Waals surface area contributed by atoms with Gasteiger partial charge in [0, 0.05) is 27.0 Å². The number of esters is 1. The van der Waals surface area contributed by atoms with E-state index in [0.29, 0.717) is 22.0 Å². The van der Waals surface area contributed by atoms with Crippen LogP contribution >= 0.6 is 11.6 Å². The molecular weight excluding hydrogens is 394 g/mol. The Labute approximate surface area is 172 Å². The second-order valence-corrected chi connectivity index (χ2v) is 6.63. The first-order valence-corrected chi connectivity index (χ1v) is 9.18. The van der Waals surface area contributed by atoms with Crippen molar-refractivity contribution >= 4 is 45.7 Å². The van der Waals surface area contributed by atoms with Crippen LogP contribution in [0.15, 0.2) is 60.7 Å². The lowest BCUT2D eigenvalue weighted by molar-refractivity contribution is -0.149. The van der Waals surface area contributed by atoms with Crippen molar-refractivity contribution in [3.63, 3.8) is 0 Å². The van der Waals surface area contributed by atoms with E-state index in [1.165, 1.54) is 6.92 Å². The van der Waals surface area contributed by atoms with Crippen LogP contribution in [0.3, 0.4) is 0 Å². The van der Waals surface area contributed by atoms with E-state index >= 15 is 0 Å². The number of carbonyl (C=O) groups is 3. The number of fused-ring (bicyclic) bond motifs is 1. The molecule has 29 heavy (non-hydrogen) atoms. The SMILES string of the molecule is CC(=O)c1ccc(NC(=O)COC(=O)COc2ccc(Cl)c3ccccc23)cc1. The third-order valence-electron chi connectivity index (χ3n) is 4.12. The fourth-order valence-corrected chi connectivity index (χ4v) is 2.90. The molecule has 1 amide bonds. The number of ether oxygens (including phenoxy) is 2. The van der Waals surface area contributed by atoms with E-state index in [0.717, 1.165) is 10.8 Å². The second-order valence-electron chi connectivity index (χ2n) is 6.22. The Kier molecular flexibility index (Phi) is 6.46. The molecule has 0 fully saturated rings. The zero-order valence-corrected chi connectivity index (χ0v) is 16.4. The summed E-state index contributed by atoms with van der Waals surface area (Å²) in [5, 5.41) is 4.76. The van der Waals surface area contributed by atoms with Crippen LogP contribution in [0.1, 0.15) is 17.3 Å². The summed E-state index contributed by atoms with van der Waals surface area (Å²) in [7, 11) is 0. The Bertz CT molecular complexity index is 1060. The number of carbonyl (C=O) groups excluding carboxylic acids is 3. The van der Waals surface area contributed by atoms with Crippen molar-refractivity contribution in [3.05, 3.63) is 71.2 Å². The van der Waals surface area contributed by atoms with Gasteiger partial charge in [0.15, 0.2) is 19.0 Å². The highest BCUT2D eigenvalue weighted by Gasteiger charge is 2.11. The van der Waals surface area contributed by atoms with Crippen LogP contribution in [0.25, 0.3) is 10.8 Å². The van der Waals surface area contributed by atoms with Crippen molar-refractivity contribution in [1.82, 2.24) is 0 Å². The maximum Gasteiger partial charge on any atom is 0.344 e. The molecule has 0 aliphatic rings. The number of anilines is 1. The molecule has 0 unspecified atom stereocenters. The molecule has 7 heteroatoms.